The van der Waals surface area contributed by atoms with Gasteiger partial charge < -0.3 is 15.0 Å². The first kappa shape index (κ1) is 23.3. The number of nitrogens with one attached hydrogen (secondary N) is 2. The number of nitrogens with zero attached hydrogens (tertiary/aromatic N) is 1. The second-order valence-corrected chi connectivity index (χ2v) is 9.44. The number of para-hydroxylation sites is 4. The summed E-state index contributed by atoms with van der Waals surface area (Å²) < 4.78 is 33.6. The van der Waals surface area contributed by atoms with E-state index in [0.717, 1.165) is 0 Å². The lowest BCUT2D eigenvalue weighted by atomic mass is 10.1. The molecule has 0 saturated carbocycles. The molecule has 3 aromatic carbocycles. The first-order chi connectivity index (χ1) is 16.4. The van der Waals surface area contributed by atoms with E-state index in [1.165, 1.54) is 12.1 Å². The number of rotatable bonds is 8. The summed E-state index contributed by atoms with van der Waals surface area (Å²) >= 11 is 0. The Morgan fingerprint density at radius 3 is 2.35 bits per heavy atom. The van der Waals surface area contributed by atoms with Crippen LogP contribution < -0.4 is 19.7 Å². The predicted molar refractivity (Wildman–Crippen MR) is 130 cm³/mol. The van der Waals surface area contributed by atoms with Crippen LogP contribution in [0.25, 0.3) is 0 Å². The van der Waals surface area contributed by atoms with E-state index in [0.29, 0.717) is 23.7 Å². The quantitative estimate of drug-likeness (QED) is 0.510. The van der Waals surface area contributed by atoms with Crippen molar-refractivity contribution in [3.8, 4) is 5.75 Å². The number of ether oxygens (including phenoxy) is 1. The highest BCUT2D eigenvalue weighted by atomic mass is 32.2. The van der Waals surface area contributed by atoms with Crippen LogP contribution in [0.2, 0.25) is 0 Å². The Hall–Kier alpha value is -3.85. The molecule has 0 bridgehead atoms. The number of hydrogen-bond acceptors (Lipinski definition) is 5. The van der Waals surface area contributed by atoms with Gasteiger partial charge in [-0.2, -0.15) is 0 Å². The predicted octanol–water partition coefficient (Wildman–Crippen LogP) is 3.88. The van der Waals surface area contributed by atoms with Gasteiger partial charge >= 0.3 is 0 Å². The molecule has 1 fully saturated rings. The number of hydrogen-bond donors (Lipinski definition) is 2. The van der Waals surface area contributed by atoms with E-state index in [1.54, 1.807) is 59.5 Å². The molecular weight excluding hydrogens is 454 g/mol. The molecule has 9 heteroatoms. The Kier molecular flexibility index (Phi) is 6.83. The second-order valence-electron chi connectivity index (χ2n) is 7.76. The van der Waals surface area contributed by atoms with Crippen molar-refractivity contribution in [3.63, 3.8) is 0 Å². The van der Waals surface area contributed by atoms with Gasteiger partial charge in [-0.1, -0.05) is 42.5 Å². The first-order valence-corrected chi connectivity index (χ1v) is 12.4. The lowest BCUT2D eigenvalue weighted by Gasteiger charge is -2.20. The van der Waals surface area contributed by atoms with Crippen molar-refractivity contribution < 1.29 is 22.7 Å². The van der Waals surface area contributed by atoms with Crippen molar-refractivity contribution in [3.05, 3.63) is 78.9 Å². The molecular formula is C25H25N3O5S. The van der Waals surface area contributed by atoms with Gasteiger partial charge in [0.15, 0.2) is 0 Å². The van der Waals surface area contributed by atoms with E-state index in [1.807, 2.05) is 19.1 Å². The molecule has 1 atom stereocenters. The molecule has 34 heavy (non-hydrogen) atoms. The van der Waals surface area contributed by atoms with Crippen LogP contribution in [0.5, 0.6) is 5.75 Å². The zero-order valence-corrected chi connectivity index (χ0v) is 19.4. The second kappa shape index (κ2) is 9.96. The average molecular weight is 480 g/mol. The van der Waals surface area contributed by atoms with E-state index in [9.17, 15) is 18.0 Å². The van der Waals surface area contributed by atoms with E-state index >= 15 is 0 Å². The van der Waals surface area contributed by atoms with Crippen molar-refractivity contribution in [2.45, 2.75) is 18.2 Å². The summed E-state index contributed by atoms with van der Waals surface area (Å²) in [5, 5.41) is 2.78. The molecule has 0 aromatic heterocycles. The van der Waals surface area contributed by atoms with Crippen LogP contribution in [0.1, 0.15) is 13.3 Å². The summed E-state index contributed by atoms with van der Waals surface area (Å²) in [6, 6.07) is 21.7. The summed E-state index contributed by atoms with van der Waals surface area (Å²) in [7, 11) is -3.83. The maximum atomic E-state index is 13.0. The van der Waals surface area contributed by atoms with Crippen LogP contribution >= 0.6 is 0 Å². The van der Waals surface area contributed by atoms with Crippen molar-refractivity contribution in [2.24, 2.45) is 5.92 Å². The largest absolute Gasteiger partial charge is 0.492 e. The summed E-state index contributed by atoms with van der Waals surface area (Å²) in [5.74, 6) is -0.553. The maximum absolute atomic E-state index is 13.0. The fraction of sp³-hybridized carbons (Fsp3) is 0.200. The Labute approximate surface area is 198 Å². The Morgan fingerprint density at radius 1 is 0.971 bits per heavy atom. The van der Waals surface area contributed by atoms with E-state index < -0.39 is 15.9 Å². The van der Waals surface area contributed by atoms with Gasteiger partial charge in [0.05, 0.1) is 34.5 Å². The third-order valence-corrected chi connectivity index (χ3v) is 6.82. The van der Waals surface area contributed by atoms with Crippen molar-refractivity contribution >= 4 is 38.9 Å². The number of carbonyl (C=O) groups excluding carboxylic acids is 2. The Balaban J connectivity index is 1.50. The average Bonchev–Trinajstić information content (AvgIpc) is 3.23. The van der Waals surface area contributed by atoms with Crippen LogP contribution in [0.3, 0.4) is 0 Å². The molecule has 8 nitrogen and oxygen atoms in total. The minimum atomic E-state index is -3.83. The lowest BCUT2D eigenvalue weighted by Crippen LogP contribution is -2.28. The molecule has 0 spiro atoms. The topological polar surface area (TPSA) is 105 Å². The molecule has 176 valence electrons. The van der Waals surface area contributed by atoms with Gasteiger partial charge in [0.1, 0.15) is 5.75 Å². The van der Waals surface area contributed by atoms with E-state index in [4.69, 9.17) is 4.74 Å². The molecule has 1 aliphatic heterocycles. The van der Waals surface area contributed by atoms with Crippen LogP contribution in [-0.4, -0.2) is 33.4 Å². The highest BCUT2D eigenvalue weighted by molar-refractivity contribution is 7.92. The monoisotopic (exact) mass is 479 g/mol. The van der Waals surface area contributed by atoms with Crippen LogP contribution in [0.4, 0.5) is 17.1 Å². The SMILES string of the molecule is CCOc1ccccc1N1CC(C(=O)Nc2ccccc2NS(=O)(=O)c2ccccc2)CC1=O. The minimum absolute atomic E-state index is 0.0458. The summed E-state index contributed by atoms with van der Waals surface area (Å²) in [6.45, 7) is 2.52. The number of benzene rings is 3. The van der Waals surface area contributed by atoms with Crippen LogP contribution in [-0.2, 0) is 19.6 Å². The zero-order valence-electron chi connectivity index (χ0n) is 18.6. The standard InChI is InChI=1S/C25H25N3O5S/c1-2-33-23-15-9-8-14-22(23)28-17-18(16-24(28)29)25(30)26-20-12-6-7-13-21(20)27-34(31,32)19-10-4-3-5-11-19/h3-15,18,27H,2,16-17H2,1H3,(H,26,30). The fourth-order valence-corrected chi connectivity index (χ4v) is 4.89. The normalized spacial score (nSPS) is 15.7. The molecule has 3 aromatic rings. The third kappa shape index (κ3) is 5.04. The van der Waals surface area contributed by atoms with Gasteiger partial charge in [-0.15, -0.1) is 0 Å². The molecule has 0 radical (unpaired) electrons. The zero-order chi connectivity index (χ0) is 24.1. The lowest BCUT2D eigenvalue weighted by molar-refractivity contribution is -0.122. The van der Waals surface area contributed by atoms with Crippen molar-refractivity contribution in [1.82, 2.24) is 0 Å². The van der Waals surface area contributed by atoms with Gasteiger partial charge in [-0.25, -0.2) is 8.42 Å². The van der Waals surface area contributed by atoms with Crippen molar-refractivity contribution in [2.75, 3.05) is 28.1 Å². The molecule has 4 rings (SSSR count). The summed E-state index contributed by atoms with van der Waals surface area (Å²) in [6.07, 6.45) is 0.0458. The highest BCUT2D eigenvalue weighted by Crippen LogP contribution is 2.34. The molecule has 1 saturated heterocycles. The fourth-order valence-electron chi connectivity index (χ4n) is 3.79. The van der Waals surface area contributed by atoms with Gasteiger partial charge in [-0.3, -0.25) is 14.3 Å². The van der Waals surface area contributed by atoms with Crippen LogP contribution in [0, 0.1) is 5.92 Å². The van der Waals surface area contributed by atoms with Crippen molar-refractivity contribution in [1.29, 1.82) is 0 Å². The molecule has 1 heterocycles. The Bertz CT molecular complexity index is 1290. The van der Waals surface area contributed by atoms with Gasteiger partial charge in [0.2, 0.25) is 11.8 Å². The molecule has 1 unspecified atom stereocenters. The minimum Gasteiger partial charge on any atom is -0.492 e. The smallest absolute Gasteiger partial charge is 0.261 e. The highest BCUT2D eigenvalue weighted by Gasteiger charge is 2.36. The molecule has 2 amide bonds. The summed E-state index contributed by atoms with van der Waals surface area (Å²) in [4.78, 5) is 27.4. The van der Waals surface area contributed by atoms with E-state index in [2.05, 4.69) is 10.0 Å². The van der Waals surface area contributed by atoms with Gasteiger partial charge in [0, 0.05) is 13.0 Å². The molecule has 1 aliphatic rings. The number of sulfonamides is 1. The van der Waals surface area contributed by atoms with Gasteiger partial charge in [0.25, 0.3) is 10.0 Å². The van der Waals surface area contributed by atoms with Crippen LogP contribution in [0.15, 0.2) is 83.8 Å². The molecule has 0 aliphatic carbocycles. The number of amides is 2. The summed E-state index contributed by atoms with van der Waals surface area (Å²) in [5.41, 5.74) is 1.18. The Morgan fingerprint density at radius 2 is 1.62 bits per heavy atom. The number of anilines is 3. The number of carbonyl (C=O) groups is 2. The molecule has 2 N–H and O–H groups in total. The van der Waals surface area contributed by atoms with E-state index in [-0.39, 0.29) is 35.4 Å². The van der Waals surface area contributed by atoms with Gasteiger partial charge in [-0.05, 0) is 43.3 Å². The first-order valence-electron chi connectivity index (χ1n) is 10.9. The maximum Gasteiger partial charge on any atom is 0.261 e. The third-order valence-electron chi connectivity index (χ3n) is 5.43.